The van der Waals surface area contributed by atoms with Gasteiger partial charge in [0, 0.05) is 0 Å². The molecule has 0 aliphatic rings. The number of allylic oxidation sites excluding steroid dienone is 1. The van der Waals surface area contributed by atoms with Crippen molar-refractivity contribution in [1.29, 1.82) is 0 Å². The third-order valence-electron chi connectivity index (χ3n) is 3.55. The van der Waals surface area contributed by atoms with Crippen LogP contribution in [0.15, 0.2) is 33.0 Å². The fraction of sp³-hybridized carbons (Fsp3) is 0.333. The molecule has 1 aromatic carbocycles. The number of carbonyl (C=O) groups is 1. The minimum atomic E-state index is -1.07. The van der Waals surface area contributed by atoms with Gasteiger partial charge in [-0.3, -0.25) is 4.79 Å². The summed E-state index contributed by atoms with van der Waals surface area (Å²) in [7, 11) is 0. The summed E-state index contributed by atoms with van der Waals surface area (Å²) in [6.07, 6.45) is 1.58. The molecule has 1 N–H and O–H groups in total. The molecule has 0 unspecified atom stereocenters. The number of aliphatic carboxylic acids is 1. The number of fused-ring (bicyclic) bond motifs is 1. The van der Waals surface area contributed by atoms with Gasteiger partial charge in [0.05, 0.1) is 17.4 Å². The van der Waals surface area contributed by atoms with Gasteiger partial charge in [0.15, 0.2) is 0 Å². The van der Waals surface area contributed by atoms with Crippen LogP contribution in [0.3, 0.4) is 0 Å². The minimum Gasteiger partial charge on any atom is -0.489 e. The lowest BCUT2D eigenvalue weighted by atomic mass is 10.0. The number of hydrogen-bond acceptors (Lipinski definition) is 4. The van der Waals surface area contributed by atoms with Crippen molar-refractivity contribution < 1.29 is 19.1 Å². The highest BCUT2D eigenvalue weighted by Gasteiger charge is 2.17. The van der Waals surface area contributed by atoms with E-state index in [9.17, 15) is 9.59 Å². The van der Waals surface area contributed by atoms with E-state index in [1.165, 1.54) is 0 Å². The lowest BCUT2D eigenvalue weighted by Gasteiger charge is -2.12. The van der Waals surface area contributed by atoms with Gasteiger partial charge in [-0.05, 0) is 57.0 Å². The van der Waals surface area contributed by atoms with Crippen molar-refractivity contribution in [1.82, 2.24) is 0 Å². The van der Waals surface area contributed by atoms with E-state index in [0.29, 0.717) is 28.9 Å². The summed E-state index contributed by atoms with van der Waals surface area (Å²) in [6, 6.07) is 3.61. The average molecular weight is 316 g/mol. The molecule has 122 valence electrons. The van der Waals surface area contributed by atoms with Crippen LogP contribution in [0.1, 0.15) is 30.5 Å². The predicted octanol–water partition coefficient (Wildman–Crippen LogP) is 3.38. The molecule has 1 aromatic heterocycles. The van der Waals surface area contributed by atoms with E-state index < -0.39 is 11.6 Å². The molecule has 0 aliphatic heterocycles. The number of ether oxygens (including phenoxy) is 1. The number of carboxylic acids is 1. The third-order valence-corrected chi connectivity index (χ3v) is 3.55. The Bertz CT molecular complexity index is 839. The van der Waals surface area contributed by atoms with Gasteiger partial charge < -0.3 is 14.3 Å². The van der Waals surface area contributed by atoms with Gasteiger partial charge in [-0.2, -0.15) is 0 Å². The zero-order chi connectivity index (χ0) is 17.1. The molecule has 0 atom stereocenters. The number of rotatable bonds is 5. The summed E-state index contributed by atoms with van der Waals surface area (Å²) in [5.74, 6) is -0.482. The standard InChI is InChI=1S/C18H20O5/c1-10(2)5-6-22-14-7-11(3)8-15-17(14)12(4)13(9-16(19)20)18(21)23-15/h5,7-8H,6,9H2,1-4H3,(H,19,20). The van der Waals surface area contributed by atoms with Crippen LogP contribution in [0.4, 0.5) is 0 Å². The lowest BCUT2D eigenvalue weighted by Crippen LogP contribution is -2.15. The molecule has 0 radical (unpaired) electrons. The van der Waals surface area contributed by atoms with Crippen molar-refractivity contribution in [3.63, 3.8) is 0 Å². The number of benzene rings is 1. The van der Waals surface area contributed by atoms with E-state index >= 15 is 0 Å². The molecule has 1 heterocycles. The van der Waals surface area contributed by atoms with Crippen molar-refractivity contribution in [2.45, 2.75) is 34.1 Å². The number of carboxylic acid groups (broad SMARTS) is 1. The summed E-state index contributed by atoms with van der Waals surface area (Å²) < 4.78 is 11.1. The second kappa shape index (κ2) is 6.69. The van der Waals surface area contributed by atoms with Gasteiger partial charge in [0.2, 0.25) is 0 Å². The highest BCUT2D eigenvalue weighted by atomic mass is 16.5. The maximum Gasteiger partial charge on any atom is 0.340 e. The Kier molecular flexibility index (Phi) is 4.89. The van der Waals surface area contributed by atoms with E-state index in [1.807, 2.05) is 32.9 Å². The topological polar surface area (TPSA) is 76.7 Å². The average Bonchev–Trinajstić information content (AvgIpc) is 2.42. The van der Waals surface area contributed by atoms with Crippen LogP contribution in [0.2, 0.25) is 0 Å². The molecule has 0 saturated heterocycles. The number of hydrogen-bond donors (Lipinski definition) is 1. The van der Waals surface area contributed by atoms with E-state index in [1.54, 1.807) is 13.0 Å². The predicted molar refractivity (Wildman–Crippen MR) is 88.2 cm³/mol. The lowest BCUT2D eigenvalue weighted by molar-refractivity contribution is -0.136. The first-order valence-corrected chi connectivity index (χ1v) is 7.34. The first kappa shape index (κ1) is 16.8. The van der Waals surface area contributed by atoms with E-state index in [-0.39, 0.29) is 12.0 Å². The van der Waals surface area contributed by atoms with Crippen molar-refractivity contribution >= 4 is 16.9 Å². The Hall–Kier alpha value is -2.56. The maximum atomic E-state index is 12.0. The molecule has 0 aliphatic carbocycles. The molecule has 23 heavy (non-hydrogen) atoms. The van der Waals surface area contributed by atoms with E-state index in [0.717, 1.165) is 11.1 Å². The fourth-order valence-corrected chi connectivity index (χ4v) is 2.40. The molecule has 5 nitrogen and oxygen atoms in total. The van der Waals surface area contributed by atoms with Crippen LogP contribution in [-0.4, -0.2) is 17.7 Å². The molecule has 0 fully saturated rings. The molecule has 0 spiro atoms. The van der Waals surface area contributed by atoms with Crippen molar-refractivity contribution in [3.8, 4) is 5.75 Å². The second-order valence-corrected chi connectivity index (χ2v) is 5.79. The fourth-order valence-electron chi connectivity index (χ4n) is 2.40. The molecule has 0 amide bonds. The largest absolute Gasteiger partial charge is 0.489 e. The highest BCUT2D eigenvalue weighted by Crippen LogP contribution is 2.31. The van der Waals surface area contributed by atoms with Crippen LogP contribution in [0.5, 0.6) is 5.75 Å². The molecular formula is C18H20O5. The van der Waals surface area contributed by atoms with Gasteiger partial charge >= 0.3 is 11.6 Å². The molecule has 2 aromatic rings. The van der Waals surface area contributed by atoms with Crippen LogP contribution in [-0.2, 0) is 11.2 Å². The first-order valence-electron chi connectivity index (χ1n) is 7.34. The van der Waals surface area contributed by atoms with Gasteiger partial charge in [0.1, 0.15) is 17.9 Å². The van der Waals surface area contributed by atoms with Crippen LogP contribution in [0.25, 0.3) is 11.0 Å². The van der Waals surface area contributed by atoms with Crippen LogP contribution >= 0.6 is 0 Å². The summed E-state index contributed by atoms with van der Waals surface area (Å²) >= 11 is 0. The van der Waals surface area contributed by atoms with Crippen molar-refractivity contribution in [2.75, 3.05) is 6.61 Å². The van der Waals surface area contributed by atoms with Gasteiger partial charge in [0.25, 0.3) is 0 Å². The van der Waals surface area contributed by atoms with E-state index in [4.69, 9.17) is 14.3 Å². The Balaban J connectivity index is 2.64. The summed E-state index contributed by atoms with van der Waals surface area (Å²) in [6.45, 7) is 7.96. The van der Waals surface area contributed by atoms with Gasteiger partial charge in [-0.15, -0.1) is 0 Å². The third kappa shape index (κ3) is 3.80. The van der Waals surface area contributed by atoms with Gasteiger partial charge in [-0.1, -0.05) is 5.57 Å². The molecule has 2 rings (SSSR count). The summed E-state index contributed by atoms with van der Waals surface area (Å²) in [4.78, 5) is 23.0. The van der Waals surface area contributed by atoms with Crippen molar-refractivity contribution in [3.05, 3.63) is 50.9 Å². The SMILES string of the molecule is CC(C)=CCOc1cc(C)cc2oc(=O)c(CC(=O)O)c(C)c12. The molecule has 5 heteroatoms. The summed E-state index contributed by atoms with van der Waals surface area (Å²) in [5, 5.41) is 9.63. The summed E-state index contributed by atoms with van der Waals surface area (Å²) in [5.41, 5.74) is 2.58. The molecule has 0 bridgehead atoms. The van der Waals surface area contributed by atoms with Crippen molar-refractivity contribution in [2.24, 2.45) is 0 Å². The van der Waals surface area contributed by atoms with Crippen LogP contribution in [0, 0.1) is 13.8 Å². The van der Waals surface area contributed by atoms with E-state index in [2.05, 4.69) is 0 Å². The maximum absolute atomic E-state index is 12.0. The number of aryl methyl sites for hydroxylation is 2. The first-order chi connectivity index (χ1) is 10.8. The Morgan fingerprint density at radius 3 is 2.61 bits per heavy atom. The Morgan fingerprint density at radius 2 is 2.00 bits per heavy atom. The zero-order valence-electron chi connectivity index (χ0n) is 13.7. The smallest absolute Gasteiger partial charge is 0.340 e. The second-order valence-electron chi connectivity index (χ2n) is 5.79. The van der Waals surface area contributed by atoms with Crippen LogP contribution < -0.4 is 10.4 Å². The highest BCUT2D eigenvalue weighted by molar-refractivity contribution is 5.89. The molecule has 0 saturated carbocycles. The Morgan fingerprint density at radius 1 is 1.30 bits per heavy atom. The molecular weight excluding hydrogens is 296 g/mol. The monoisotopic (exact) mass is 316 g/mol. The van der Waals surface area contributed by atoms with Gasteiger partial charge in [-0.25, -0.2) is 4.79 Å². The minimum absolute atomic E-state index is 0.154. The Labute approximate surface area is 134 Å². The quantitative estimate of drug-likeness (QED) is 0.676. The zero-order valence-corrected chi connectivity index (χ0v) is 13.7. The normalized spacial score (nSPS) is 10.6.